The summed E-state index contributed by atoms with van der Waals surface area (Å²) in [5.41, 5.74) is 0.971. The van der Waals surface area contributed by atoms with E-state index in [1.807, 2.05) is 0 Å². The first kappa shape index (κ1) is 23.1. The van der Waals surface area contributed by atoms with Crippen LogP contribution in [0.5, 0.6) is 0 Å². The average molecular weight is 442 g/mol. The molecule has 1 saturated heterocycles. The molecular weight excluding hydrogens is 419 g/mol. The van der Waals surface area contributed by atoms with E-state index in [9.17, 15) is 28.7 Å². The number of aliphatic hydroxyl groups excluding tert-OH is 1. The monoisotopic (exact) mass is 442 g/mol. The second kappa shape index (κ2) is 10.1. The second-order valence-electron chi connectivity index (χ2n) is 7.51. The SMILES string of the molecule is CC(=O)c1cccc(NC(=O)COC(=O)C2CC(O)CN2C(=O)Cc2ccccc2F)c1. The number of aliphatic hydroxyl groups is 1. The zero-order valence-corrected chi connectivity index (χ0v) is 17.4. The summed E-state index contributed by atoms with van der Waals surface area (Å²) in [7, 11) is 0. The average Bonchev–Trinajstić information content (AvgIpc) is 3.16. The van der Waals surface area contributed by atoms with Crippen LogP contribution in [-0.2, 0) is 25.5 Å². The summed E-state index contributed by atoms with van der Waals surface area (Å²) in [5.74, 6) is -2.69. The highest BCUT2D eigenvalue weighted by molar-refractivity contribution is 5.97. The van der Waals surface area contributed by atoms with Crippen LogP contribution in [-0.4, -0.2) is 58.9 Å². The number of benzene rings is 2. The largest absolute Gasteiger partial charge is 0.454 e. The Morgan fingerprint density at radius 2 is 1.91 bits per heavy atom. The van der Waals surface area contributed by atoms with Gasteiger partial charge < -0.3 is 20.1 Å². The fraction of sp³-hybridized carbons (Fsp3) is 0.304. The quantitative estimate of drug-likeness (QED) is 0.499. The second-order valence-corrected chi connectivity index (χ2v) is 7.51. The lowest BCUT2D eigenvalue weighted by atomic mass is 10.1. The van der Waals surface area contributed by atoms with Crippen molar-refractivity contribution in [3.63, 3.8) is 0 Å². The first-order valence-electron chi connectivity index (χ1n) is 10.0. The number of esters is 1. The molecule has 0 aliphatic carbocycles. The number of amides is 2. The van der Waals surface area contributed by atoms with E-state index in [2.05, 4.69) is 5.32 Å². The Labute approximate surface area is 184 Å². The Morgan fingerprint density at radius 3 is 2.62 bits per heavy atom. The van der Waals surface area contributed by atoms with Crippen molar-refractivity contribution in [2.75, 3.05) is 18.5 Å². The molecule has 2 aromatic carbocycles. The lowest BCUT2D eigenvalue weighted by molar-refractivity contribution is -0.155. The zero-order valence-electron chi connectivity index (χ0n) is 17.4. The van der Waals surface area contributed by atoms with E-state index in [4.69, 9.17) is 4.74 Å². The summed E-state index contributed by atoms with van der Waals surface area (Å²) in [5, 5.41) is 12.5. The van der Waals surface area contributed by atoms with Crippen LogP contribution < -0.4 is 5.32 Å². The van der Waals surface area contributed by atoms with Gasteiger partial charge in [-0.2, -0.15) is 0 Å². The zero-order chi connectivity index (χ0) is 23.3. The third kappa shape index (κ3) is 5.76. The highest BCUT2D eigenvalue weighted by atomic mass is 19.1. The number of carbonyl (C=O) groups is 4. The summed E-state index contributed by atoms with van der Waals surface area (Å²) in [6, 6.07) is 11.0. The Morgan fingerprint density at radius 1 is 1.16 bits per heavy atom. The topological polar surface area (TPSA) is 113 Å². The van der Waals surface area contributed by atoms with E-state index in [0.29, 0.717) is 11.3 Å². The van der Waals surface area contributed by atoms with Gasteiger partial charge in [0.1, 0.15) is 11.9 Å². The van der Waals surface area contributed by atoms with Crippen LogP contribution in [0.1, 0.15) is 29.3 Å². The minimum atomic E-state index is -1.07. The van der Waals surface area contributed by atoms with Gasteiger partial charge in [0.15, 0.2) is 12.4 Å². The maximum absolute atomic E-state index is 13.9. The number of nitrogens with zero attached hydrogens (tertiary/aromatic N) is 1. The van der Waals surface area contributed by atoms with Crippen LogP contribution in [0.4, 0.5) is 10.1 Å². The fourth-order valence-electron chi connectivity index (χ4n) is 3.46. The predicted molar refractivity (Wildman–Crippen MR) is 112 cm³/mol. The number of Topliss-reactive ketones (excluding diaryl/α,β-unsaturated/α-hetero) is 1. The van der Waals surface area contributed by atoms with Gasteiger partial charge in [-0.3, -0.25) is 14.4 Å². The molecule has 2 unspecified atom stereocenters. The highest BCUT2D eigenvalue weighted by Crippen LogP contribution is 2.21. The van der Waals surface area contributed by atoms with Crippen LogP contribution >= 0.6 is 0 Å². The summed E-state index contributed by atoms with van der Waals surface area (Å²) >= 11 is 0. The molecule has 0 aromatic heterocycles. The Bertz CT molecular complexity index is 1040. The number of anilines is 1. The molecule has 1 heterocycles. The number of ketones is 1. The van der Waals surface area contributed by atoms with E-state index in [0.717, 1.165) is 4.90 Å². The van der Waals surface area contributed by atoms with E-state index < -0.39 is 42.4 Å². The van der Waals surface area contributed by atoms with Gasteiger partial charge in [-0.1, -0.05) is 30.3 Å². The van der Waals surface area contributed by atoms with Gasteiger partial charge in [-0.15, -0.1) is 0 Å². The number of β-amino-alcohol motifs (C(OH)–C–C–N with tert-alkyl or cyclic N) is 1. The van der Waals surface area contributed by atoms with Gasteiger partial charge in [0, 0.05) is 24.2 Å². The molecule has 1 fully saturated rings. The lowest BCUT2D eigenvalue weighted by Gasteiger charge is -2.23. The van der Waals surface area contributed by atoms with Crippen LogP contribution in [0.25, 0.3) is 0 Å². The van der Waals surface area contributed by atoms with Crippen molar-refractivity contribution in [1.82, 2.24) is 4.90 Å². The molecular formula is C23H23FN2O6. The standard InChI is InChI=1S/C23H23FN2O6/c1-14(27)15-6-4-7-17(9-15)25-21(29)13-32-23(31)20-11-18(28)12-26(20)22(30)10-16-5-2-3-8-19(16)24/h2-9,18,20,28H,10-13H2,1H3,(H,25,29). The summed E-state index contributed by atoms with van der Waals surface area (Å²) in [6.45, 7) is 0.708. The summed E-state index contributed by atoms with van der Waals surface area (Å²) in [6.07, 6.45) is -1.24. The molecule has 168 valence electrons. The van der Waals surface area contributed by atoms with E-state index in [-0.39, 0.29) is 30.7 Å². The normalized spacial score (nSPS) is 17.7. The number of halogens is 1. The molecule has 0 bridgehead atoms. The Balaban J connectivity index is 1.57. The van der Waals surface area contributed by atoms with Crippen molar-refractivity contribution >= 4 is 29.3 Å². The van der Waals surface area contributed by atoms with Gasteiger partial charge in [-0.25, -0.2) is 9.18 Å². The minimum absolute atomic E-state index is 0.0376. The number of carbonyl (C=O) groups excluding carboxylic acids is 4. The number of nitrogens with one attached hydrogen (secondary N) is 1. The van der Waals surface area contributed by atoms with E-state index >= 15 is 0 Å². The molecule has 2 N–H and O–H groups in total. The third-order valence-electron chi connectivity index (χ3n) is 5.07. The molecule has 2 aromatic rings. The van der Waals surface area contributed by atoms with Crippen molar-refractivity contribution in [2.24, 2.45) is 0 Å². The van der Waals surface area contributed by atoms with Gasteiger partial charge in [0.2, 0.25) is 5.91 Å². The predicted octanol–water partition coefficient (Wildman–Crippen LogP) is 1.71. The maximum Gasteiger partial charge on any atom is 0.329 e. The molecule has 1 aliphatic heterocycles. The molecule has 3 rings (SSSR count). The molecule has 32 heavy (non-hydrogen) atoms. The smallest absolute Gasteiger partial charge is 0.329 e. The van der Waals surface area contributed by atoms with Crippen LogP contribution in [0, 0.1) is 5.82 Å². The van der Waals surface area contributed by atoms with Crippen molar-refractivity contribution in [3.8, 4) is 0 Å². The Kier molecular flexibility index (Phi) is 7.32. The lowest BCUT2D eigenvalue weighted by Crippen LogP contribution is -2.43. The molecule has 1 aliphatic rings. The summed E-state index contributed by atoms with van der Waals surface area (Å²) < 4.78 is 18.9. The van der Waals surface area contributed by atoms with Crippen molar-refractivity contribution in [1.29, 1.82) is 0 Å². The van der Waals surface area contributed by atoms with Crippen molar-refractivity contribution < 1.29 is 33.4 Å². The molecule has 9 heteroatoms. The van der Waals surface area contributed by atoms with E-state index in [1.54, 1.807) is 24.3 Å². The first-order chi connectivity index (χ1) is 15.2. The minimum Gasteiger partial charge on any atom is -0.454 e. The van der Waals surface area contributed by atoms with Crippen molar-refractivity contribution in [3.05, 3.63) is 65.5 Å². The number of hydrogen-bond acceptors (Lipinski definition) is 6. The number of ether oxygens (including phenoxy) is 1. The maximum atomic E-state index is 13.9. The van der Waals surface area contributed by atoms with E-state index in [1.165, 1.54) is 31.2 Å². The van der Waals surface area contributed by atoms with Crippen LogP contribution in [0.3, 0.4) is 0 Å². The fourth-order valence-corrected chi connectivity index (χ4v) is 3.46. The first-order valence-corrected chi connectivity index (χ1v) is 10.0. The Hall–Kier alpha value is -3.59. The number of rotatable bonds is 7. The molecule has 8 nitrogen and oxygen atoms in total. The van der Waals surface area contributed by atoms with Crippen molar-refractivity contribution in [2.45, 2.75) is 31.9 Å². The van der Waals surface area contributed by atoms with Gasteiger partial charge in [0.25, 0.3) is 5.91 Å². The molecule has 0 radical (unpaired) electrons. The number of likely N-dealkylation sites (tertiary alicyclic amines) is 1. The number of hydrogen-bond donors (Lipinski definition) is 2. The third-order valence-corrected chi connectivity index (χ3v) is 5.07. The molecule has 2 amide bonds. The molecule has 0 saturated carbocycles. The van der Waals surface area contributed by atoms with Crippen LogP contribution in [0.2, 0.25) is 0 Å². The molecule has 0 spiro atoms. The van der Waals surface area contributed by atoms with Gasteiger partial charge in [0.05, 0.1) is 12.5 Å². The van der Waals surface area contributed by atoms with Gasteiger partial charge >= 0.3 is 5.97 Å². The molecule has 2 atom stereocenters. The summed E-state index contributed by atoms with van der Waals surface area (Å²) in [4.78, 5) is 49.8. The van der Waals surface area contributed by atoms with Gasteiger partial charge in [-0.05, 0) is 30.7 Å². The highest BCUT2D eigenvalue weighted by Gasteiger charge is 2.40. The van der Waals surface area contributed by atoms with Crippen LogP contribution in [0.15, 0.2) is 48.5 Å².